The lowest BCUT2D eigenvalue weighted by molar-refractivity contribution is 0.631. The number of halogens is 1. The van der Waals surface area contributed by atoms with Crippen LogP contribution in [0.15, 0.2) is 66.9 Å². The van der Waals surface area contributed by atoms with Gasteiger partial charge in [-0.15, -0.1) is 0 Å². The molecule has 0 bridgehead atoms. The van der Waals surface area contributed by atoms with Gasteiger partial charge in [0.15, 0.2) is 0 Å². The fourth-order valence-electron chi connectivity index (χ4n) is 2.71. The fraction of sp³-hybridized carbons (Fsp3) is 0.0500. The van der Waals surface area contributed by atoms with Gasteiger partial charge >= 0.3 is 0 Å². The van der Waals surface area contributed by atoms with E-state index < -0.39 is 0 Å². The molecule has 4 aromatic rings. The Bertz CT molecular complexity index is 1080. The topological polar surface area (TPSA) is 62.7 Å². The zero-order chi connectivity index (χ0) is 17.9. The van der Waals surface area contributed by atoms with Gasteiger partial charge < -0.3 is 10.6 Å². The van der Waals surface area contributed by atoms with Crippen molar-refractivity contribution in [3.63, 3.8) is 0 Å². The molecular weight excluding hydrogens is 329 g/mol. The average Bonchev–Trinajstić information content (AvgIpc) is 2.64. The van der Waals surface area contributed by atoms with Crippen LogP contribution in [0.3, 0.4) is 0 Å². The van der Waals surface area contributed by atoms with Crippen molar-refractivity contribution in [1.29, 1.82) is 0 Å². The molecule has 4 rings (SSSR count). The monoisotopic (exact) mass is 345 g/mol. The van der Waals surface area contributed by atoms with Crippen LogP contribution in [0.25, 0.3) is 10.9 Å². The lowest BCUT2D eigenvalue weighted by Gasteiger charge is -2.11. The highest BCUT2D eigenvalue weighted by atomic mass is 19.1. The van der Waals surface area contributed by atoms with Crippen LogP contribution in [-0.2, 0) is 0 Å². The number of nitrogens with zero attached hydrogens (tertiary/aromatic N) is 3. The van der Waals surface area contributed by atoms with Gasteiger partial charge in [-0.25, -0.2) is 9.37 Å². The molecule has 128 valence electrons. The van der Waals surface area contributed by atoms with Crippen molar-refractivity contribution in [2.75, 3.05) is 10.6 Å². The maximum Gasteiger partial charge on any atom is 0.229 e. The summed E-state index contributed by atoms with van der Waals surface area (Å²) in [7, 11) is 0. The predicted octanol–water partition coefficient (Wildman–Crippen LogP) is 4.96. The summed E-state index contributed by atoms with van der Waals surface area (Å²) in [6.45, 7) is 1.86. The fourth-order valence-corrected chi connectivity index (χ4v) is 2.71. The molecule has 0 saturated carbocycles. The number of benzene rings is 2. The van der Waals surface area contributed by atoms with E-state index in [1.165, 1.54) is 6.07 Å². The van der Waals surface area contributed by atoms with Gasteiger partial charge in [0.05, 0.1) is 16.9 Å². The minimum absolute atomic E-state index is 0.325. The highest BCUT2D eigenvalue weighted by Gasteiger charge is 2.08. The molecule has 0 atom stereocenters. The molecule has 0 unspecified atom stereocenters. The minimum Gasteiger partial charge on any atom is -0.338 e. The first-order valence-electron chi connectivity index (χ1n) is 8.17. The van der Waals surface area contributed by atoms with E-state index in [2.05, 4.69) is 25.6 Å². The number of fused-ring (bicyclic) bond motifs is 1. The molecule has 0 aliphatic rings. The molecule has 5 nitrogen and oxygen atoms in total. The quantitative estimate of drug-likeness (QED) is 0.547. The first-order valence-corrected chi connectivity index (χ1v) is 8.17. The summed E-state index contributed by atoms with van der Waals surface area (Å²) in [6, 6.07) is 18.1. The van der Waals surface area contributed by atoms with Crippen molar-refractivity contribution in [2.45, 2.75) is 6.92 Å². The van der Waals surface area contributed by atoms with Crippen LogP contribution in [-0.4, -0.2) is 15.0 Å². The van der Waals surface area contributed by atoms with Gasteiger partial charge in [-0.05, 0) is 31.2 Å². The number of para-hydroxylation sites is 2. The maximum absolute atomic E-state index is 13.9. The second kappa shape index (κ2) is 6.76. The van der Waals surface area contributed by atoms with E-state index in [1.807, 2.05) is 43.3 Å². The Hall–Kier alpha value is -3.54. The van der Waals surface area contributed by atoms with Gasteiger partial charge in [0.1, 0.15) is 11.6 Å². The molecule has 26 heavy (non-hydrogen) atoms. The highest BCUT2D eigenvalue weighted by molar-refractivity contribution is 5.91. The number of aryl methyl sites for hydroxylation is 1. The summed E-state index contributed by atoms with van der Waals surface area (Å²) in [5, 5.41) is 7.24. The van der Waals surface area contributed by atoms with Crippen molar-refractivity contribution in [1.82, 2.24) is 15.0 Å². The molecule has 2 N–H and O–H groups in total. The number of nitrogens with one attached hydrogen (secondary N) is 2. The molecule has 0 saturated heterocycles. The van der Waals surface area contributed by atoms with E-state index in [-0.39, 0.29) is 5.82 Å². The van der Waals surface area contributed by atoms with Gasteiger partial charge in [-0.1, -0.05) is 30.3 Å². The molecule has 2 heterocycles. The van der Waals surface area contributed by atoms with Gasteiger partial charge in [-0.3, -0.25) is 4.98 Å². The van der Waals surface area contributed by atoms with Crippen LogP contribution in [0, 0.1) is 12.7 Å². The van der Waals surface area contributed by atoms with Crippen LogP contribution < -0.4 is 10.6 Å². The summed E-state index contributed by atoms with van der Waals surface area (Å²) >= 11 is 0. The largest absolute Gasteiger partial charge is 0.338 e. The van der Waals surface area contributed by atoms with Gasteiger partial charge in [0.25, 0.3) is 0 Å². The van der Waals surface area contributed by atoms with Crippen LogP contribution >= 0.6 is 0 Å². The van der Waals surface area contributed by atoms with E-state index >= 15 is 0 Å². The predicted molar refractivity (Wildman–Crippen MR) is 101 cm³/mol. The molecule has 0 amide bonds. The second-order valence-corrected chi connectivity index (χ2v) is 5.83. The number of rotatable bonds is 4. The van der Waals surface area contributed by atoms with E-state index in [0.29, 0.717) is 17.5 Å². The molecule has 2 aromatic heterocycles. The first-order chi connectivity index (χ1) is 12.7. The lowest BCUT2D eigenvalue weighted by Crippen LogP contribution is -2.03. The van der Waals surface area contributed by atoms with Crippen LogP contribution in [0.4, 0.5) is 27.5 Å². The van der Waals surface area contributed by atoms with E-state index in [9.17, 15) is 4.39 Å². The zero-order valence-corrected chi connectivity index (χ0v) is 14.1. The number of pyridine rings is 1. The van der Waals surface area contributed by atoms with E-state index in [4.69, 9.17) is 0 Å². The summed E-state index contributed by atoms with van der Waals surface area (Å²) < 4.78 is 13.9. The molecule has 2 aromatic carbocycles. The Balaban J connectivity index is 1.67. The molecule has 0 aliphatic carbocycles. The number of aromatic nitrogens is 3. The van der Waals surface area contributed by atoms with Gasteiger partial charge in [0, 0.05) is 23.3 Å². The van der Waals surface area contributed by atoms with Crippen molar-refractivity contribution in [2.24, 2.45) is 0 Å². The molecule has 0 spiro atoms. The van der Waals surface area contributed by atoms with Crippen molar-refractivity contribution < 1.29 is 4.39 Å². The third-order valence-corrected chi connectivity index (χ3v) is 3.87. The molecular formula is C20H16FN5. The van der Waals surface area contributed by atoms with Gasteiger partial charge in [-0.2, -0.15) is 4.98 Å². The summed E-state index contributed by atoms with van der Waals surface area (Å²) in [4.78, 5) is 13.2. The van der Waals surface area contributed by atoms with Crippen LogP contribution in [0.2, 0.25) is 0 Å². The Morgan fingerprint density at radius 2 is 1.65 bits per heavy atom. The molecule has 0 fully saturated rings. The number of hydrogen-bond donors (Lipinski definition) is 2. The Labute approximate surface area is 150 Å². The molecule has 6 heteroatoms. The smallest absolute Gasteiger partial charge is 0.229 e. The molecule has 0 aliphatic heterocycles. The first kappa shape index (κ1) is 16.0. The normalized spacial score (nSPS) is 10.7. The summed E-state index contributed by atoms with van der Waals surface area (Å²) in [5.74, 6) is 0.575. The van der Waals surface area contributed by atoms with Gasteiger partial charge in [0.2, 0.25) is 5.95 Å². The van der Waals surface area contributed by atoms with Crippen molar-refractivity contribution in [3.05, 3.63) is 78.4 Å². The van der Waals surface area contributed by atoms with Crippen molar-refractivity contribution >= 4 is 34.0 Å². The third kappa shape index (κ3) is 3.30. The summed E-state index contributed by atoms with van der Waals surface area (Å²) in [5.41, 5.74) is 2.79. The second-order valence-electron chi connectivity index (χ2n) is 5.83. The highest BCUT2D eigenvalue weighted by Crippen LogP contribution is 2.25. The minimum atomic E-state index is -0.356. The Kier molecular flexibility index (Phi) is 4.15. The SMILES string of the molecule is Cc1cc(Nc2cccc3cccnc23)nc(Nc2ccccc2F)n1. The molecule has 0 radical (unpaired) electrons. The van der Waals surface area contributed by atoms with Crippen LogP contribution in [0.5, 0.6) is 0 Å². The lowest BCUT2D eigenvalue weighted by atomic mass is 10.2. The van der Waals surface area contributed by atoms with E-state index in [1.54, 1.807) is 24.4 Å². The van der Waals surface area contributed by atoms with E-state index in [0.717, 1.165) is 22.3 Å². The third-order valence-electron chi connectivity index (χ3n) is 3.87. The van der Waals surface area contributed by atoms with Crippen molar-refractivity contribution in [3.8, 4) is 0 Å². The zero-order valence-electron chi connectivity index (χ0n) is 14.1. The standard InChI is InChI=1S/C20H16FN5/c1-13-12-18(24-17-10-4-6-14-7-5-11-22-19(14)17)26-20(23-13)25-16-9-3-2-8-15(16)21/h2-12H,1H3,(H2,23,24,25,26). The number of hydrogen-bond acceptors (Lipinski definition) is 5. The van der Waals surface area contributed by atoms with Crippen LogP contribution in [0.1, 0.15) is 5.69 Å². The maximum atomic E-state index is 13.9. The Morgan fingerprint density at radius 3 is 2.54 bits per heavy atom. The number of anilines is 4. The Morgan fingerprint density at radius 1 is 0.846 bits per heavy atom. The summed E-state index contributed by atoms with van der Waals surface area (Å²) in [6.07, 6.45) is 1.75. The average molecular weight is 345 g/mol.